The lowest BCUT2D eigenvalue weighted by molar-refractivity contribution is -0.136. The van der Waals surface area contributed by atoms with Crippen molar-refractivity contribution in [2.75, 3.05) is 31.1 Å². The van der Waals surface area contributed by atoms with E-state index in [1.807, 2.05) is 4.90 Å². The zero-order valence-electron chi connectivity index (χ0n) is 17.0. The van der Waals surface area contributed by atoms with E-state index in [9.17, 15) is 18.0 Å². The molecule has 1 saturated heterocycles. The Balaban J connectivity index is 1.47. The highest BCUT2D eigenvalue weighted by molar-refractivity contribution is 6.33. The van der Waals surface area contributed by atoms with Gasteiger partial charge in [0.25, 0.3) is 5.91 Å². The third kappa shape index (κ3) is 3.88. The van der Waals surface area contributed by atoms with Crippen molar-refractivity contribution < 1.29 is 22.4 Å². The SMILES string of the molecule is O=C(c1nc2c(C(F)(F)F)cc(-c3ccoc3)cn2c1Cl)N1CCN(c2cnccn2)CC1. The Morgan fingerprint density at radius 3 is 2.55 bits per heavy atom. The minimum absolute atomic E-state index is 0.179. The third-order valence-electron chi connectivity index (χ3n) is 5.46. The average Bonchev–Trinajstić information content (AvgIpc) is 3.47. The van der Waals surface area contributed by atoms with Crippen LogP contribution in [0.4, 0.5) is 19.0 Å². The number of carbonyl (C=O) groups excluding carboxylic acids is 1. The maximum absolute atomic E-state index is 13.8. The maximum Gasteiger partial charge on any atom is 0.420 e. The monoisotopic (exact) mass is 476 g/mol. The number of anilines is 1. The van der Waals surface area contributed by atoms with Crippen LogP contribution in [0.5, 0.6) is 0 Å². The van der Waals surface area contributed by atoms with Gasteiger partial charge in [-0.15, -0.1) is 0 Å². The molecule has 0 aliphatic carbocycles. The van der Waals surface area contributed by atoms with E-state index in [1.54, 1.807) is 18.6 Å². The molecule has 170 valence electrons. The van der Waals surface area contributed by atoms with Gasteiger partial charge in [-0.2, -0.15) is 13.2 Å². The van der Waals surface area contributed by atoms with Crippen LogP contribution in [0.2, 0.25) is 5.15 Å². The maximum atomic E-state index is 13.8. The van der Waals surface area contributed by atoms with Crippen molar-refractivity contribution in [2.24, 2.45) is 0 Å². The van der Waals surface area contributed by atoms with Crippen LogP contribution in [0.15, 0.2) is 53.9 Å². The molecule has 0 saturated carbocycles. The Hall–Kier alpha value is -3.60. The molecule has 1 aliphatic heterocycles. The van der Waals surface area contributed by atoms with Crippen molar-refractivity contribution in [3.05, 3.63) is 65.9 Å². The van der Waals surface area contributed by atoms with Gasteiger partial charge in [-0.05, 0) is 12.1 Å². The molecule has 0 bridgehead atoms. The molecule has 0 spiro atoms. The molecule has 33 heavy (non-hydrogen) atoms. The number of halogens is 4. The number of hydrogen-bond acceptors (Lipinski definition) is 6. The normalized spacial score (nSPS) is 14.8. The van der Waals surface area contributed by atoms with Gasteiger partial charge in [-0.3, -0.25) is 14.2 Å². The van der Waals surface area contributed by atoms with Crippen molar-refractivity contribution in [2.45, 2.75) is 6.18 Å². The van der Waals surface area contributed by atoms with E-state index in [0.29, 0.717) is 37.6 Å². The summed E-state index contributed by atoms with van der Waals surface area (Å²) in [6.07, 6.45) is 4.19. The summed E-state index contributed by atoms with van der Waals surface area (Å²) >= 11 is 6.38. The van der Waals surface area contributed by atoms with E-state index in [0.717, 1.165) is 10.5 Å². The van der Waals surface area contributed by atoms with Gasteiger partial charge in [0.1, 0.15) is 11.0 Å². The smallest absolute Gasteiger partial charge is 0.420 e. The second-order valence-corrected chi connectivity index (χ2v) is 7.80. The number of alkyl halides is 3. The van der Waals surface area contributed by atoms with E-state index in [1.165, 1.54) is 29.7 Å². The summed E-state index contributed by atoms with van der Waals surface area (Å²) < 4.78 is 47.5. The number of pyridine rings is 1. The second-order valence-electron chi connectivity index (χ2n) is 7.44. The summed E-state index contributed by atoms with van der Waals surface area (Å²) in [7, 11) is 0. The lowest BCUT2D eigenvalue weighted by Crippen LogP contribution is -2.49. The summed E-state index contributed by atoms with van der Waals surface area (Å²) in [4.78, 5) is 28.9. The van der Waals surface area contributed by atoms with Crippen molar-refractivity contribution in [3.63, 3.8) is 0 Å². The highest BCUT2D eigenvalue weighted by Crippen LogP contribution is 2.37. The first-order chi connectivity index (χ1) is 15.8. The van der Waals surface area contributed by atoms with Crippen LogP contribution in [0.25, 0.3) is 16.8 Å². The zero-order chi connectivity index (χ0) is 23.2. The molecule has 5 rings (SSSR count). The van der Waals surface area contributed by atoms with Crippen LogP contribution >= 0.6 is 11.6 Å². The zero-order valence-corrected chi connectivity index (χ0v) is 17.7. The number of hydrogen-bond donors (Lipinski definition) is 0. The van der Waals surface area contributed by atoms with Gasteiger partial charge in [0, 0.05) is 55.9 Å². The number of carbonyl (C=O) groups is 1. The lowest BCUT2D eigenvalue weighted by Gasteiger charge is -2.34. The average molecular weight is 477 g/mol. The van der Waals surface area contributed by atoms with Crippen LogP contribution in [0, 0.1) is 0 Å². The molecule has 1 fully saturated rings. The molecule has 4 aromatic heterocycles. The van der Waals surface area contributed by atoms with Gasteiger partial charge >= 0.3 is 6.18 Å². The molecule has 0 radical (unpaired) electrons. The first kappa shape index (κ1) is 21.3. The summed E-state index contributed by atoms with van der Waals surface area (Å²) in [6, 6.07) is 2.51. The third-order valence-corrected chi connectivity index (χ3v) is 5.83. The molecule has 8 nitrogen and oxygen atoms in total. The number of piperazine rings is 1. The van der Waals surface area contributed by atoms with Gasteiger partial charge in [0.05, 0.1) is 24.3 Å². The molecule has 1 aliphatic rings. The van der Waals surface area contributed by atoms with Crippen molar-refractivity contribution in [3.8, 4) is 11.1 Å². The predicted octanol–water partition coefficient (Wildman–Crippen LogP) is 4.02. The van der Waals surface area contributed by atoms with Crippen molar-refractivity contribution in [1.29, 1.82) is 0 Å². The van der Waals surface area contributed by atoms with Crippen molar-refractivity contribution in [1.82, 2.24) is 24.3 Å². The molecule has 4 aromatic rings. The van der Waals surface area contributed by atoms with E-state index in [2.05, 4.69) is 15.0 Å². The minimum Gasteiger partial charge on any atom is -0.472 e. The van der Waals surface area contributed by atoms with Crippen LogP contribution in [0.1, 0.15) is 16.1 Å². The van der Waals surface area contributed by atoms with Crippen molar-refractivity contribution >= 4 is 29.0 Å². The first-order valence-electron chi connectivity index (χ1n) is 9.94. The van der Waals surface area contributed by atoms with Gasteiger partial charge < -0.3 is 14.2 Å². The first-order valence-corrected chi connectivity index (χ1v) is 10.3. The second kappa shape index (κ2) is 8.07. The Bertz CT molecular complexity index is 1300. The van der Waals surface area contributed by atoms with Gasteiger partial charge in [-0.25, -0.2) is 9.97 Å². The Morgan fingerprint density at radius 1 is 1.12 bits per heavy atom. The van der Waals surface area contributed by atoms with Crippen LogP contribution in [-0.4, -0.2) is 56.3 Å². The van der Waals surface area contributed by atoms with E-state index in [-0.39, 0.29) is 16.4 Å². The molecule has 5 heterocycles. The highest BCUT2D eigenvalue weighted by atomic mass is 35.5. The fourth-order valence-corrected chi connectivity index (χ4v) is 4.04. The van der Waals surface area contributed by atoms with E-state index in [4.69, 9.17) is 16.0 Å². The summed E-state index contributed by atoms with van der Waals surface area (Å²) in [5.74, 6) is 0.164. The van der Waals surface area contributed by atoms with Gasteiger partial charge in [0.15, 0.2) is 11.3 Å². The van der Waals surface area contributed by atoms with E-state index >= 15 is 0 Å². The van der Waals surface area contributed by atoms with Crippen LogP contribution in [-0.2, 0) is 6.18 Å². The standard InChI is InChI=1S/C21H16ClF3N6O2/c22-18-17(20(32)30-6-4-29(5-7-30)16-10-26-2-3-27-16)28-19-15(21(23,24)25)9-14(11-31(18)19)13-1-8-33-12-13/h1-3,8-12H,4-7H2. The molecule has 12 heteroatoms. The van der Waals surface area contributed by atoms with Crippen LogP contribution in [0.3, 0.4) is 0 Å². The molecule has 0 N–H and O–H groups in total. The number of furan rings is 1. The number of imidazole rings is 1. The summed E-state index contributed by atoms with van der Waals surface area (Å²) in [5.41, 5.74) is -0.963. The quantitative estimate of drug-likeness (QED) is 0.444. The molecular formula is C21H16ClF3N6O2. The fourth-order valence-electron chi connectivity index (χ4n) is 3.79. The fraction of sp³-hybridized carbons (Fsp3) is 0.238. The number of amides is 1. The van der Waals surface area contributed by atoms with Crippen LogP contribution < -0.4 is 4.90 Å². The van der Waals surface area contributed by atoms with E-state index < -0.39 is 23.3 Å². The predicted molar refractivity (Wildman–Crippen MR) is 113 cm³/mol. The number of rotatable bonds is 3. The topological polar surface area (TPSA) is 79.8 Å². The number of aromatic nitrogens is 4. The van der Waals surface area contributed by atoms with Gasteiger partial charge in [0.2, 0.25) is 0 Å². The molecular weight excluding hydrogens is 461 g/mol. The Labute approximate surface area is 190 Å². The largest absolute Gasteiger partial charge is 0.472 e. The summed E-state index contributed by atoms with van der Waals surface area (Å²) in [5, 5.41) is -0.179. The summed E-state index contributed by atoms with van der Waals surface area (Å²) in [6.45, 7) is 1.67. The molecule has 0 aromatic carbocycles. The molecule has 0 unspecified atom stereocenters. The Kier molecular flexibility index (Phi) is 5.20. The molecule has 0 atom stereocenters. The highest BCUT2D eigenvalue weighted by Gasteiger charge is 2.37. The number of fused-ring (bicyclic) bond motifs is 1. The minimum atomic E-state index is -4.70. The Morgan fingerprint density at radius 2 is 1.91 bits per heavy atom. The van der Waals surface area contributed by atoms with Gasteiger partial charge in [-0.1, -0.05) is 11.6 Å². The lowest BCUT2D eigenvalue weighted by atomic mass is 10.1. The molecule has 1 amide bonds. The number of nitrogens with zero attached hydrogens (tertiary/aromatic N) is 6.